The van der Waals surface area contributed by atoms with Gasteiger partial charge in [0.05, 0.1) is 10.7 Å². The molecule has 1 amide bonds. The van der Waals surface area contributed by atoms with Gasteiger partial charge in [-0.25, -0.2) is 0 Å². The van der Waals surface area contributed by atoms with Gasteiger partial charge in [0.15, 0.2) is 0 Å². The summed E-state index contributed by atoms with van der Waals surface area (Å²) < 4.78 is 0. The zero-order chi connectivity index (χ0) is 16.4. The number of aryl methyl sites for hydroxylation is 1. The van der Waals surface area contributed by atoms with E-state index in [0.717, 1.165) is 17.7 Å². The van der Waals surface area contributed by atoms with Crippen LogP contribution in [0.15, 0.2) is 48.5 Å². The molecule has 1 aliphatic heterocycles. The molecule has 1 aliphatic rings. The maximum absolute atomic E-state index is 12.3. The lowest BCUT2D eigenvalue weighted by Crippen LogP contribution is -2.27. The number of carbonyl (C=O) groups is 1. The summed E-state index contributed by atoms with van der Waals surface area (Å²) in [6.45, 7) is 2.09. The van der Waals surface area contributed by atoms with Gasteiger partial charge in [0.1, 0.15) is 5.37 Å². The van der Waals surface area contributed by atoms with E-state index in [1.54, 1.807) is 17.0 Å². The lowest BCUT2D eigenvalue weighted by atomic mass is 10.1. The van der Waals surface area contributed by atoms with Crippen molar-refractivity contribution < 1.29 is 9.72 Å². The molecule has 2 aromatic rings. The normalized spacial score (nSPS) is 17.5. The molecule has 0 aliphatic carbocycles. The molecule has 0 bridgehead atoms. The molecule has 2 aromatic carbocycles. The number of amides is 1. The standard InChI is InChI=1S/C17H16N2O3S/c1-2-12-3-7-14(8-4-12)18-16(20)11-23-17(18)13-5-9-15(10-6-13)19(21)22/h3-10,17H,2,11H2,1H3. The van der Waals surface area contributed by atoms with E-state index >= 15 is 0 Å². The molecule has 0 spiro atoms. The van der Waals surface area contributed by atoms with E-state index in [1.807, 2.05) is 24.3 Å². The van der Waals surface area contributed by atoms with Crippen molar-refractivity contribution in [2.45, 2.75) is 18.7 Å². The summed E-state index contributed by atoms with van der Waals surface area (Å²) in [7, 11) is 0. The molecule has 0 saturated carbocycles. The molecule has 0 aromatic heterocycles. The fourth-order valence-electron chi connectivity index (χ4n) is 2.60. The van der Waals surface area contributed by atoms with E-state index in [-0.39, 0.29) is 17.0 Å². The van der Waals surface area contributed by atoms with Gasteiger partial charge in [-0.3, -0.25) is 19.8 Å². The summed E-state index contributed by atoms with van der Waals surface area (Å²) >= 11 is 1.54. The Kier molecular flexibility index (Phi) is 4.34. The number of rotatable bonds is 4. The van der Waals surface area contributed by atoms with Crippen LogP contribution in [0.2, 0.25) is 0 Å². The van der Waals surface area contributed by atoms with Crippen LogP contribution in [-0.4, -0.2) is 16.6 Å². The number of benzene rings is 2. The van der Waals surface area contributed by atoms with E-state index < -0.39 is 4.92 Å². The second-order valence-corrected chi connectivity index (χ2v) is 6.36. The summed E-state index contributed by atoms with van der Waals surface area (Å²) in [5.41, 5.74) is 3.04. The minimum atomic E-state index is -0.419. The fraction of sp³-hybridized carbons (Fsp3) is 0.235. The summed E-state index contributed by atoms with van der Waals surface area (Å²) in [5.74, 6) is 0.472. The molecule has 0 N–H and O–H groups in total. The van der Waals surface area contributed by atoms with E-state index in [4.69, 9.17) is 0 Å². The number of nitro benzene ring substituents is 1. The molecule has 1 unspecified atom stereocenters. The number of non-ortho nitro benzene ring substituents is 1. The first-order chi connectivity index (χ1) is 11.1. The van der Waals surface area contributed by atoms with Crippen molar-refractivity contribution in [1.82, 2.24) is 0 Å². The highest BCUT2D eigenvalue weighted by Gasteiger charge is 2.34. The molecule has 3 rings (SSSR count). The Balaban J connectivity index is 1.91. The Morgan fingerprint density at radius 1 is 1.17 bits per heavy atom. The highest BCUT2D eigenvalue weighted by atomic mass is 32.2. The monoisotopic (exact) mass is 328 g/mol. The van der Waals surface area contributed by atoms with Gasteiger partial charge in [0, 0.05) is 17.8 Å². The van der Waals surface area contributed by atoms with Gasteiger partial charge in [-0.15, -0.1) is 11.8 Å². The maximum atomic E-state index is 12.3. The molecule has 0 radical (unpaired) electrons. The van der Waals surface area contributed by atoms with Crippen LogP contribution in [0, 0.1) is 10.1 Å². The van der Waals surface area contributed by atoms with Crippen molar-refractivity contribution in [1.29, 1.82) is 0 Å². The van der Waals surface area contributed by atoms with Crippen LogP contribution in [0.25, 0.3) is 0 Å². The van der Waals surface area contributed by atoms with Crippen LogP contribution in [0.5, 0.6) is 0 Å². The summed E-state index contributed by atoms with van der Waals surface area (Å²) in [6, 6.07) is 14.4. The van der Waals surface area contributed by atoms with Crippen LogP contribution in [0.3, 0.4) is 0 Å². The molecular formula is C17H16N2O3S. The molecule has 23 heavy (non-hydrogen) atoms. The molecule has 1 fully saturated rings. The van der Waals surface area contributed by atoms with Gasteiger partial charge in [-0.2, -0.15) is 0 Å². The van der Waals surface area contributed by atoms with Crippen molar-refractivity contribution in [2.24, 2.45) is 0 Å². The lowest BCUT2D eigenvalue weighted by Gasteiger charge is -2.24. The SMILES string of the molecule is CCc1ccc(N2C(=O)CSC2c2ccc([N+](=O)[O-])cc2)cc1. The van der Waals surface area contributed by atoms with Gasteiger partial charge in [0.25, 0.3) is 5.69 Å². The van der Waals surface area contributed by atoms with E-state index in [9.17, 15) is 14.9 Å². The number of hydrogen-bond donors (Lipinski definition) is 0. The molecule has 6 heteroatoms. The molecule has 1 saturated heterocycles. The van der Waals surface area contributed by atoms with Crippen LogP contribution < -0.4 is 4.90 Å². The zero-order valence-electron chi connectivity index (χ0n) is 12.6. The van der Waals surface area contributed by atoms with Crippen molar-refractivity contribution in [2.75, 3.05) is 10.7 Å². The second-order valence-electron chi connectivity index (χ2n) is 5.30. The summed E-state index contributed by atoms with van der Waals surface area (Å²) in [5, 5.41) is 10.6. The van der Waals surface area contributed by atoms with Crippen LogP contribution in [0.4, 0.5) is 11.4 Å². The third-order valence-electron chi connectivity index (χ3n) is 3.88. The Hall–Kier alpha value is -2.34. The number of thioether (sulfide) groups is 1. The number of nitrogens with zero attached hydrogens (tertiary/aromatic N) is 2. The summed E-state index contributed by atoms with van der Waals surface area (Å²) in [6.07, 6.45) is 0.953. The molecule has 1 heterocycles. The average Bonchev–Trinajstić information content (AvgIpc) is 2.96. The minimum absolute atomic E-state index is 0.0573. The minimum Gasteiger partial charge on any atom is -0.295 e. The topological polar surface area (TPSA) is 63.5 Å². The number of nitro groups is 1. The maximum Gasteiger partial charge on any atom is 0.269 e. The second kappa shape index (κ2) is 6.42. The molecular weight excluding hydrogens is 312 g/mol. The quantitative estimate of drug-likeness (QED) is 0.630. The van der Waals surface area contributed by atoms with Crippen molar-refractivity contribution in [3.05, 3.63) is 69.8 Å². The predicted molar refractivity (Wildman–Crippen MR) is 91.6 cm³/mol. The Labute approximate surface area is 138 Å². The average molecular weight is 328 g/mol. The third kappa shape index (κ3) is 3.07. The van der Waals surface area contributed by atoms with Gasteiger partial charge < -0.3 is 0 Å². The van der Waals surface area contributed by atoms with Crippen molar-refractivity contribution in [3.8, 4) is 0 Å². The first-order valence-corrected chi connectivity index (χ1v) is 8.42. The van der Waals surface area contributed by atoms with Crippen LogP contribution in [0.1, 0.15) is 23.4 Å². The van der Waals surface area contributed by atoms with Crippen LogP contribution in [-0.2, 0) is 11.2 Å². The Bertz CT molecular complexity index is 729. The molecule has 5 nitrogen and oxygen atoms in total. The van der Waals surface area contributed by atoms with E-state index in [2.05, 4.69) is 6.92 Å². The van der Waals surface area contributed by atoms with E-state index in [1.165, 1.54) is 29.5 Å². The van der Waals surface area contributed by atoms with E-state index in [0.29, 0.717) is 5.75 Å². The first-order valence-electron chi connectivity index (χ1n) is 7.37. The largest absolute Gasteiger partial charge is 0.295 e. The molecule has 118 valence electrons. The first kappa shape index (κ1) is 15.6. The Morgan fingerprint density at radius 2 is 1.83 bits per heavy atom. The van der Waals surface area contributed by atoms with Gasteiger partial charge in [0.2, 0.25) is 5.91 Å². The summed E-state index contributed by atoms with van der Waals surface area (Å²) in [4.78, 5) is 24.4. The third-order valence-corrected chi connectivity index (χ3v) is 5.09. The predicted octanol–water partition coefficient (Wildman–Crippen LogP) is 3.94. The number of anilines is 1. The van der Waals surface area contributed by atoms with Crippen molar-refractivity contribution in [3.63, 3.8) is 0 Å². The van der Waals surface area contributed by atoms with Crippen LogP contribution >= 0.6 is 11.8 Å². The smallest absolute Gasteiger partial charge is 0.269 e. The number of carbonyl (C=O) groups excluding carboxylic acids is 1. The highest BCUT2D eigenvalue weighted by molar-refractivity contribution is 8.00. The Morgan fingerprint density at radius 3 is 2.39 bits per heavy atom. The fourth-order valence-corrected chi connectivity index (χ4v) is 3.78. The van der Waals surface area contributed by atoms with Gasteiger partial charge in [-0.05, 0) is 41.8 Å². The molecule has 1 atom stereocenters. The van der Waals surface area contributed by atoms with Crippen molar-refractivity contribution >= 4 is 29.0 Å². The van der Waals surface area contributed by atoms with Gasteiger partial charge in [-0.1, -0.05) is 19.1 Å². The zero-order valence-corrected chi connectivity index (χ0v) is 13.5. The highest BCUT2D eigenvalue weighted by Crippen LogP contribution is 2.42. The van der Waals surface area contributed by atoms with Gasteiger partial charge >= 0.3 is 0 Å². The number of hydrogen-bond acceptors (Lipinski definition) is 4. The lowest BCUT2D eigenvalue weighted by molar-refractivity contribution is -0.384.